The Labute approximate surface area is 195 Å². The average molecular weight is 444 g/mol. The standard InChI is InChI=1S/C29H20N2O3/c32-27-25-24-19-11-3-5-13-21(19)29(16-30-34,22-14-6-4-12-20(22)24)26(25)28(33)31(27)23-15-7-9-17-8-1-2-10-18(17)23/h1-16,24-26,34H/b30-16-/t24?,25-,26-,29?/m0/s1. The van der Waals surface area contributed by atoms with E-state index in [0.717, 1.165) is 33.0 Å². The lowest BCUT2D eigenvalue weighted by molar-refractivity contribution is -0.122. The molecule has 1 fully saturated rings. The van der Waals surface area contributed by atoms with E-state index < -0.39 is 17.3 Å². The summed E-state index contributed by atoms with van der Waals surface area (Å²) in [6.07, 6.45) is 1.47. The molecular formula is C29H20N2O3. The molecule has 0 aromatic heterocycles. The van der Waals surface area contributed by atoms with Gasteiger partial charge in [0.1, 0.15) is 0 Å². The monoisotopic (exact) mass is 444 g/mol. The highest BCUT2D eigenvalue weighted by atomic mass is 16.4. The molecule has 4 aliphatic rings. The number of anilines is 1. The molecule has 5 nitrogen and oxygen atoms in total. The van der Waals surface area contributed by atoms with Gasteiger partial charge in [0, 0.05) is 11.3 Å². The van der Waals surface area contributed by atoms with Gasteiger partial charge in [-0.1, -0.05) is 84.9 Å². The third kappa shape index (κ3) is 2.12. The molecule has 34 heavy (non-hydrogen) atoms. The summed E-state index contributed by atoms with van der Waals surface area (Å²) < 4.78 is 0. The highest BCUT2D eigenvalue weighted by molar-refractivity contribution is 6.27. The van der Waals surface area contributed by atoms with E-state index in [4.69, 9.17) is 0 Å². The fourth-order valence-electron chi connectivity index (χ4n) is 6.78. The number of carbonyl (C=O) groups is 2. The van der Waals surface area contributed by atoms with Gasteiger partial charge in [-0.05, 0) is 33.7 Å². The maximum Gasteiger partial charge on any atom is 0.239 e. The summed E-state index contributed by atoms with van der Waals surface area (Å²) in [5, 5.41) is 15.2. The van der Waals surface area contributed by atoms with Crippen LogP contribution in [0.15, 0.2) is 96.2 Å². The van der Waals surface area contributed by atoms with Crippen LogP contribution in [0.1, 0.15) is 28.2 Å². The first kappa shape index (κ1) is 19.2. The zero-order chi connectivity index (χ0) is 23.0. The molecule has 2 bridgehead atoms. The first-order chi connectivity index (χ1) is 16.7. The highest BCUT2D eigenvalue weighted by Crippen LogP contribution is 2.63. The van der Waals surface area contributed by atoms with Gasteiger partial charge in [0.2, 0.25) is 11.8 Å². The fraction of sp³-hybridized carbons (Fsp3) is 0.138. The van der Waals surface area contributed by atoms with Crippen molar-refractivity contribution in [1.29, 1.82) is 0 Å². The summed E-state index contributed by atoms with van der Waals surface area (Å²) in [5.41, 5.74) is 3.47. The van der Waals surface area contributed by atoms with Crippen molar-refractivity contribution < 1.29 is 14.8 Å². The van der Waals surface area contributed by atoms with Crippen molar-refractivity contribution in [2.75, 3.05) is 4.90 Å². The molecule has 4 aromatic carbocycles. The van der Waals surface area contributed by atoms with Crippen LogP contribution in [-0.2, 0) is 15.0 Å². The molecule has 4 aromatic rings. The van der Waals surface area contributed by atoms with Crippen LogP contribution in [0.4, 0.5) is 5.69 Å². The lowest BCUT2D eigenvalue weighted by atomic mass is 9.47. The van der Waals surface area contributed by atoms with Gasteiger partial charge in [0.05, 0.1) is 29.2 Å². The zero-order valence-corrected chi connectivity index (χ0v) is 18.1. The summed E-state index contributed by atoms with van der Waals surface area (Å²) in [6.45, 7) is 0. The van der Waals surface area contributed by atoms with Crippen molar-refractivity contribution in [2.24, 2.45) is 17.0 Å². The van der Waals surface area contributed by atoms with Gasteiger partial charge in [-0.3, -0.25) is 9.59 Å². The molecule has 2 amide bonds. The van der Waals surface area contributed by atoms with E-state index >= 15 is 0 Å². The highest BCUT2D eigenvalue weighted by Gasteiger charge is 2.68. The van der Waals surface area contributed by atoms with Crippen LogP contribution in [0.5, 0.6) is 0 Å². The largest absolute Gasteiger partial charge is 0.411 e. The number of nitrogens with zero attached hydrogens (tertiary/aromatic N) is 2. The maximum atomic E-state index is 14.2. The number of hydrogen-bond donors (Lipinski definition) is 1. The van der Waals surface area contributed by atoms with Gasteiger partial charge in [0.15, 0.2) is 0 Å². The van der Waals surface area contributed by atoms with Crippen LogP contribution >= 0.6 is 0 Å². The molecule has 0 radical (unpaired) electrons. The number of fused-ring (bicyclic) bond motifs is 1. The number of benzene rings is 4. The van der Waals surface area contributed by atoms with E-state index in [0.29, 0.717) is 5.69 Å². The van der Waals surface area contributed by atoms with Crippen LogP contribution < -0.4 is 4.90 Å². The molecule has 5 heteroatoms. The van der Waals surface area contributed by atoms with Crippen molar-refractivity contribution in [3.8, 4) is 0 Å². The topological polar surface area (TPSA) is 70.0 Å². The molecule has 1 aliphatic heterocycles. The molecule has 8 rings (SSSR count). The number of carbonyl (C=O) groups excluding carboxylic acids is 2. The first-order valence-electron chi connectivity index (χ1n) is 11.4. The molecule has 1 N–H and O–H groups in total. The predicted octanol–water partition coefficient (Wildman–Crippen LogP) is 4.85. The van der Waals surface area contributed by atoms with Crippen LogP contribution in [0.2, 0.25) is 0 Å². The van der Waals surface area contributed by atoms with Gasteiger partial charge in [-0.25, -0.2) is 4.90 Å². The van der Waals surface area contributed by atoms with E-state index in [2.05, 4.69) is 5.16 Å². The molecule has 0 unspecified atom stereocenters. The molecule has 164 valence electrons. The summed E-state index contributed by atoms with van der Waals surface area (Å²) in [7, 11) is 0. The second kappa shape index (κ2) is 6.64. The minimum absolute atomic E-state index is 0.198. The molecule has 1 heterocycles. The number of rotatable bonds is 2. The first-order valence-corrected chi connectivity index (χ1v) is 11.4. The summed E-state index contributed by atoms with van der Waals surface area (Å²) in [6, 6.07) is 29.3. The van der Waals surface area contributed by atoms with Gasteiger partial charge < -0.3 is 5.21 Å². The number of hydrogen-bond acceptors (Lipinski definition) is 4. The Morgan fingerprint density at radius 1 is 0.765 bits per heavy atom. The smallest absolute Gasteiger partial charge is 0.239 e. The van der Waals surface area contributed by atoms with Crippen molar-refractivity contribution in [3.05, 3.63) is 113 Å². The SMILES string of the molecule is O=C1[C@@H]2[C@@H](C(=O)N1c1cccc3ccccc13)C1c3ccccc3C2(/C=N\O)c2ccccc21. The van der Waals surface area contributed by atoms with E-state index in [1.165, 1.54) is 11.1 Å². The third-order valence-corrected chi connectivity index (χ3v) is 7.95. The van der Waals surface area contributed by atoms with Gasteiger partial charge in [-0.2, -0.15) is 0 Å². The average Bonchev–Trinajstić information content (AvgIpc) is 3.15. The Kier molecular flexibility index (Phi) is 3.76. The Bertz CT molecular complexity index is 1500. The molecule has 0 spiro atoms. The normalized spacial score (nSPS) is 26.7. The number of imide groups is 1. The summed E-state index contributed by atoms with van der Waals surface area (Å²) >= 11 is 0. The van der Waals surface area contributed by atoms with Crippen molar-refractivity contribution in [3.63, 3.8) is 0 Å². The predicted molar refractivity (Wildman–Crippen MR) is 129 cm³/mol. The van der Waals surface area contributed by atoms with Crippen LogP contribution in [-0.4, -0.2) is 23.2 Å². The summed E-state index contributed by atoms with van der Waals surface area (Å²) in [5.74, 6) is -1.95. The molecule has 3 aliphatic carbocycles. The van der Waals surface area contributed by atoms with Crippen LogP contribution in [0.3, 0.4) is 0 Å². The van der Waals surface area contributed by atoms with Gasteiger partial charge in [-0.15, -0.1) is 5.16 Å². The van der Waals surface area contributed by atoms with Crippen molar-refractivity contribution >= 4 is 34.5 Å². The lowest BCUT2D eigenvalue weighted by Crippen LogP contribution is -2.54. The minimum atomic E-state index is -1.02. The minimum Gasteiger partial charge on any atom is -0.411 e. The second-order valence-corrected chi connectivity index (χ2v) is 9.28. The Hall–Kier alpha value is -4.25. The quantitative estimate of drug-likeness (QED) is 0.208. The molecular weight excluding hydrogens is 424 g/mol. The molecule has 1 saturated heterocycles. The Morgan fingerprint density at radius 3 is 2.09 bits per heavy atom. The second-order valence-electron chi connectivity index (χ2n) is 9.28. The Balaban J connectivity index is 1.53. The van der Waals surface area contributed by atoms with Gasteiger partial charge in [0.25, 0.3) is 0 Å². The van der Waals surface area contributed by atoms with Gasteiger partial charge >= 0.3 is 0 Å². The number of oxime groups is 1. The van der Waals surface area contributed by atoms with Crippen molar-refractivity contribution in [1.82, 2.24) is 0 Å². The van der Waals surface area contributed by atoms with Crippen LogP contribution in [0, 0.1) is 11.8 Å². The van der Waals surface area contributed by atoms with E-state index in [-0.39, 0.29) is 17.7 Å². The van der Waals surface area contributed by atoms with Crippen molar-refractivity contribution in [2.45, 2.75) is 11.3 Å². The summed E-state index contributed by atoms with van der Waals surface area (Å²) in [4.78, 5) is 29.8. The molecule has 0 saturated carbocycles. The molecule has 2 atom stereocenters. The van der Waals surface area contributed by atoms with E-state index in [1.54, 1.807) is 0 Å². The lowest BCUT2D eigenvalue weighted by Gasteiger charge is -2.52. The maximum absolute atomic E-state index is 14.2. The number of amides is 2. The van der Waals surface area contributed by atoms with E-state index in [1.807, 2.05) is 91.0 Å². The van der Waals surface area contributed by atoms with E-state index in [9.17, 15) is 14.8 Å². The zero-order valence-electron chi connectivity index (χ0n) is 18.1. The fourth-order valence-corrected chi connectivity index (χ4v) is 6.78. The Morgan fingerprint density at radius 2 is 1.38 bits per heavy atom. The van der Waals surface area contributed by atoms with Crippen LogP contribution in [0.25, 0.3) is 10.8 Å². The third-order valence-electron chi connectivity index (χ3n) is 7.95.